The number of halogens is 1. The number of anilines is 2. The molecular formula is C19H16ClN3O3S. The van der Waals surface area contributed by atoms with E-state index < -0.39 is 15.9 Å². The monoisotopic (exact) mass is 401 g/mol. The molecule has 138 valence electrons. The lowest BCUT2D eigenvalue weighted by molar-refractivity contribution is 0.102. The number of carbonyl (C=O) groups is 1. The van der Waals surface area contributed by atoms with Gasteiger partial charge in [0.05, 0.1) is 33.1 Å². The Bertz CT molecular complexity index is 1060. The van der Waals surface area contributed by atoms with Crippen LogP contribution in [0.15, 0.2) is 78.0 Å². The molecule has 0 saturated carbocycles. The number of aromatic nitrogens is 1. The Labute approximate surface area is 162 Å². The molecule has 6 nitrogen and oxygen atoms in total. The van der Waals surface area contributed by atoms with Gasteiger partial charge in [-0.1, -0.05) is 29.8 Å². The molecule has 1 aromatic heterocycles. The van der Waals surface area contributed by atoms with E-state index in [2.05, 4.69) is 10.3 Å². The number of pyridine rings is 1. The Hall–Kier alpha value is -2.90. The van der Waals surface area contributed by atoms with E-state index in [9.17, 15) is 13.2 Å². The molecule has 0 aliphatic heterocycles. The second-order valence-corrected chi connectivity index (χ2v) is 8.02. The summed E-state index contributed by atoms with van der Waals surface area (Å²) in [7, 11) is -2.29. The standard InChI is InChI=1S/C19H16ClN3O3S/c1-23(27(25,26)16-7-3-2-4-8-16)15-9-10-17(18(20)12-15)19(24)22-14-6-5-11-21-13-14/h2-13H,1H3,(H,22,24). The van der Waals surface area contributed by atoms with Gasteiger partial charge in [-0.15, -0.1) is 0 Å². The highest BCUT2D eigenvalue weighted by Gasteiger charge is 2.22. The molecule has 0 fully saturated rings. The number of nitrogens with zero attached hydrogens (tertiary/aromatic N) is 2. The van der Waals surface area contributed by atoms with Gasteiger partial charge >= 0.3 is 0 Å². The number of amides is 1. The van der Waals surface area contributed by atoms with Crippen LogP contribution < -0.4 is 9.62 Å². The molecule has 2 aromatic carbocycles. The molecule has 3 aromatic rings. The van der Waals surface area contributed by atoms with E-state index in [0.29, 0.717) is 11.4 Å². The number of hydrogen-bond donors (Lipinski definition) is 1. The molecule has 0 radical (unpaired) electrons. The van der Waals surface area contributed by atoms with E-state index in [0.717, 1.165) is 4.31 Å². The molecule has 1 amide bonds. The highest BCUT2D eigenvalue weighted by molar-refractivity contribution is 7.92. The third-order valence-electron chi connectivity index (χ3n) is 3.88. The Morgan fingerprint density at radius 1 is 1.07 bits per heavy atom. The van der Waals surface area contributed by atoms with Crippen molar-refractivity contribution in [2.24, 2.45) is 0 Å². The lowest BCUT2D eigenvalue weighted by Crippen LogP contribution is -2.26. The average Bonchev–Trinajstić information content (AvgIpc) is 2.68. The molecule has 27 heavy (non-hydrogen) atoms. The average molecular weight is 402 g/mol. The third-order valence-corrected chi connectivity index (χ3v) is 5.99. The van der Waals surface area contributed by atoms with Crippen molar-refractivity contribution in [2.75, 3.05) is 16.7 Å². The van der Waals surface area contributed by atoms with Crippen molar-refractivity contribution in [1.29, 1.82) is 0 Å². The molecule has 0 aliphatic carbocycles. The third kappa shape index (κ3) is 4.10. The van der Waals surface area contributed by atoms with Gasteiger partial charge in [-0.25, -0.2) is 8.42 Å². The zero-order chi connectivity index (χ0) is 19.4. The fourth-order valence-electron chi connectivity index (χ4n) is 2.41. The van der Waals surface area contributed by atoms with Crippen LogP contribution in [-0.4, -0.2) is 26.4 Å². The second kappa shape index (κ2) is 7.77. The van der Waals surface area contributed by atoms with Crippen LogP contribution in [0, 0.1) is 0 Å². The summed E-state index contributed by atoms with van der Waals surface area (Å²) < 4.78 is 26.5. The molecule has 0 spiro atoms. The van der Waals surface area contributed by atoms with Crippen LogP contribution in [0.25, 0.3) is 0 Å². The lowest BCUT2D eigenvalue weighted by atomic mass is 10.2. The first-order valence-electron chi connectivity index (χ1n) is 7.94. The first kappa shape index (κ1) is 18.9. The predicted molar refractivity (Wildman–Crippen MR) is 106 cm³/mol. The number of sulfonamides is 1. The lowest BCUT2D eigenvalue weighted by Gasteiger charge is -2.20. The maximum Gasteiger partial charge on any atom is 0.264 e. The van der Waals surface area contributed by atoms with Crippen molar-refractivity contribution in [1.82, 2.24) is 4.98 Å². The van der Waals surface area contributed by atoms with E-state index >= 15 is 0 Å². The summed E-state index contributed by atoms with van der Waals surface area (Å²) in [5.41, 5.74) is 1.11. The Morgan fingerprint density at radius 3 is 2.44 bits per heavy atom. The quantitative estimate of drug-likeness (QED) is 0.705. The first-order chi connectivity index (χ1) is 12.9. The Balaban J connectivity index is 1.85. The van der Waals surface area contributed by atoms with E-state index in [1.54, 1.807) is 36.5 Å². The number of benzene rings is 2. The number of hydrogen-bond acceptors (Lipinski definition) is 4. The molecule has 0 atom stereocenters. The van der Waals surface area contributed by atoms with Gasteiger partial charge in [-0.3, -0.25) is 14.1 Å². The van der Waals surface area contributed by atoms with Crippen molar-refractivity contribution in [3.8, 4) is 0 Å². The predicted octanol–water partition coefficient (Wildman–Crippen LogP) is 3.81. The van der Waals surface area contributed by atoms with Gasteiger partial charge in [0.25, 0.3) is 15.9 Å². The summed E-state index contributed by atoms with van der Waals surface area (Å²) in [6.45, 7) is 0. The summed E-state index contributed by atoms with van der Waals surface area (Å²) in [5.74, 6) is -0.409. The summed E-state index contributed by atoms with van der Waals surface area (Å²) >= 11 is 6.23. The van der Waals surface area contributed by atoms with E-state index in [4.69, 9.17) is 11.6 Å². The molecular weight excluding hydrogens is 386 g/mol. The fourth-order valence-corrected chi connectivity index (χ4v) is 3.88. The first-order valence-corrected chi connectivity index (χ1v) is 9.76. The van der Waals surface area contributed by atoms with Crippen molar-refractivity contribution >= 4 is 38.9 Å². The molecule has 0 unspecified atom stereocenters. The van der Waals surface area contributed by atoms with Crippen LogP contribution in [0.1, 0.15) is 10.4 Å². The van der Waals surface area contributed by atoms with Gasteiger partial charge in [-0.05, 0) is 42.5 Å². The molecule has 0 bridgehead atoms. The Kier molecular flexibility index (Phi) is 5.43. The van der Waals surface area contributed by atoms with Crippen molar-refractivity contribution < 1.29 is 13.2 Å². The van der Waals surface area contributed by atoms with E-state index in [1.807, 2.05) is 0 Å². The van der Waals surface area contributed by atoms with Gasteiger partial charge in [0.2, 0.25) is 0 Å². The minimum atomic E-state index is -3.72. The van der Waals surface area contributed by atoms with Crippen LogP contribution >= 0.6 is 11.6 Å². The zero-order valence-electron chi connectivity index (χ0n) is 14.3. The van der Waals surface area contributed by atoms with Crippen LogP contribution in [-0.2, 0) is 10.0 Å². The normalized spacial score (nSPS) is 11.0. The largest absolute Gasteiger partial charge is 0.321 e. The maximum atomic E-state index is 12.7. The van der Waals surface area contributed by atoms with Gasteiger partial charge in [0.1, 0.15) is 0 Å². The van der Waals surface area contributed by atoms with Gasteiger partial charge in [-0.2, -0.15) is 0 Å². The summed E-state index contributed by atoms with van der Waals surface area (Å²) in [4.78, 5) is 16.5. The number of carbonyl (C=O) groups excluding carboxylic acids is 1. The molecule has 0 saturated heterocycles. The molecule has 0 aliphatic rings. The summed E-state index contributed by atoms with van der Waals surface area (Å²) in [6, 6.07) is 15.9. The topological polar surface area (TPSA) is 79.4 Å². The minimum Gasteiger partial charge on any atom is -0.321 e. The van der Waals surface area contributed by atoms with E-state index in [1.165, 1.54) is 43.6 Å². The molecule has 8 heteroatoms. The van der Waals surface area contributed by atoms with Crippen molar-refractivity contribution in [3.63, 3.8) is 0 Å². The highest BCUT2D eigenvalue weighted by Crippen LogP contribution is 2.27. The van der Waals surface area contributed by atoms with Crippen molar-refractivity contribution in [3.05, 3.63) is 83.6 Å². The van der Waals surface area contributed by atoms with Crippen molar-refractivity contribution in [2.45, 2.75) is 4.90 Å². The van der Waals surface area contributed by atoms with Crippen LogP contribution in [0.3, 0.4) is 0 Å². The van der Waals surface area contributed by atoms with E-state index in [-0.39, 0.29) is 15.5 Å². The van der Waals surface area contributed by atoms with Gasteiger partial charge < -0.3 is 5.32 Å². The fraction of sp³-hybridized carbons (Fsp3) is 0.0526. The van der Waals surface area contributed by atoms with Crippen LogP contribution in [0.2, 0.25) is 5.02 Å². The smallest absolute Gasteiger partial charge is 0.264 e. The second-order valence-electron chi connectivity index (χ2n) is 5.65. The number of nitrogens with one attached hydrogen (secondary N) is 1. The van der Waals surface area contributed by atoms with Gasteiger partial charge in [0, 0.05) is 13.2 Å². The maximum absolute atomic E-state index is 12.7. The van der Waals surface area contributed by atoms with Gasteiger partial charge in [0.15, 0.2) is 0 Å². The molecule has 1 heterocycles. The zero-order valence-corrected chi connectivity index (χ0v) is 15.9. The van der Waals surface area contributed by atoms with Crippen LogP contribution in [0.5, 0.6) is 0 Å². The SMILES string of the molecule is CN(c1ccc(C(=O)Nc2cccnc2)c(Cl)c1)S(=O)(=O)c1ccccc1. The molecule has 1 N–H and O–H groups in total. The minimum absolute atomic E-state index is 0.143. The Morgan fingerprint density at radius 2 is 1.81 bits per heavy atom. The number of rotatable bonds is 5. The molecule has 3 rings (SSSR count). The van der Waals surface area contributed by atoms with Crippen LogP contribution in [0.4, 0.5) is 11.4 Å². The summed E-state index contributed by atoms with van der Waals surface area (Å²) in [5, 5.41) is 2.83. The highest BCUT2D eigenvalue weighted by atomic mass is 35.5. The summed E-state index contributed by atoms with van der Waals surface area (Å²) in [6.07, 6.45) is 3.11.